The Morgan fingerprint density at radius 2 is 1.93 bits per heavy atom. The first-order valence-electron chi connectivity index (χ1n) is 12.5. The molecule has 4 rings (SSSR count). The highest BCUT2D eigenvalue weighted by Gasteiger charge is 2.26. The highest BCUT2D eigenvalue weighted by molar-refractivity contribution is 7.91. The summed E-state index contributed by atoms with van der Waals surface area (Å²) in [4.78, 5) is 21.0. The number of aromatic nitrogens is 1. The maximum atomic E-state index is 15.5. The van der Waals surface area contributed by atoms with Crippen molar-refractivity contribution in [1.29, 1.82) is 5.41 Å². The molecule has 15 heteroatoms. The molecule has 1 aliphatic rings. The maximum Gasteiger partial charge on any atom is 0.305 e. The average Bonchev–Trinajstić information content (AvgIpc) is 3.38. The number of nitrogens with zero attached hydrogens (tertiary/aromatic N) is 3. The van der Waals surface area contributed by atoms with Crippen LogP contribution in [0.5, 0.6) is 28.9 Å². The second-order valence-corrected chi connectivity index (χ2v) is 11.2. The number of aromatic hydroxyl groups is 1. The molecule has 0 saturated heterocycles. The number of benzene rings is 2. The first kappa shape index (κ1) is 30.2. The van der Waals surface area contributed by atoms with Gasteiger partial charge < -0.3 is 30.0 Å². The summed E-state index contributed by atoms with van der Waals surface area (Å²) in [6.07, 6.45) is 0.601. The fraction of sp³-hybridized carbons (Fsp3) is 0.259. The number of rotatable bonds is 11. The fourth-order valence-corrected chi connectivity index (χ4v) is 5.32. The van der Waals surface area contributed by atoms with Gasteiger partial charge in [0.25, 0.3) is 5.88 Å². The Morgan fingerprint density at radius 1 is 1.17 bits per heavy atom. The van der Waals surface area contributed by atoms with Gasteiger partial charge in [0.1, 0.15) is 17.4 Å². The van der Waals surface area contributed by atoms with E-state index < -0.39 is 44.8 Å². The number of halogens is 2. The van der Waals surface area contributed by atoms with E-state index in [2.05, 4.69) is 14.7 Å². The Labute approximate surface area is 239 Å². The molecule has 0 saturated carbocycles. The number of esters is 1. The zero-order chi connectivity index (χ0) is 30.6. The van der Waals surface area contributed by atoms with Crippen molar-refractivity contribution < 1.29 is 41.3 Å². The topological polar surface area (TPSA) is 177 Å². The smallest absolute Gasteiger partial charge is 0.305 e. The molecular formula is C27H27F2N5O7S. The number of sulfone groups is 1. The minimum Gasteiger partial charge on any atom is -0.504 e. The van der Waals surface area contributed by atoms with Crippen LogP contribution in [0.1, 0.15) is 24.0 Å². The molecule has 4 N–H and O–H groups in total. The highest BCUT2D eigenvalue weighted by Crippen LogP contribution is 2.38. The van der Waals surface area contributed by atoms with E-state index in [1.165, 1.54) is 43.5 Å². The van der Waals surface area contributed by atoms with Gasteiger partial charge in [-0.15, -0.1) is 0 Å². The van der Waals surface area contributed by atoms with Crippen LogP contribution in [-0.2, 0) is 19.4 Å². The largest absolute Gasteiger partial charge is 0.504 e. The molecule has 42 heavy (non-hydrogen) atoms. The van der Waals surface area contributed by atoms with Gasteiger partial charge in [-0.2, -0.15) is 4.39 Å². The predicted molar refractivity (Wildman–Crippen MR) is 147 cm³/mol. The molecule has 222 valence electrons. The second kappa shape index (κ2) is 12.4. The summed E-state index contributed by atoms with van der Waals surface area (Å²) in [6.45, 7) is 0.920. The van der Waals surface area contributed by atoms with Crippen LogP contribution in [0.25, 0.3) is 0 Å². The van der Waals surface area contributed by atoms with Crippen molar-refractivity contribution in [2.24, 2.45) is 10.7 Å². The Morgan fingerprint density at radius 3 is 2.60 bits per heavy atom. The van der Waals surface area contributed by atoms with Gasteiger partial charge in [-0.3, -0.25) is 15.2 Å². The number of amidine groups is 2. The summed E-state index contributed by atoms with van der Waals surface area (Å²) in [7, 11) is -0.932. The predicted octanol–water partition coefficient (Wildman–Crippen LogP) is 3.35. The molecule has 2 aromatic carbocycles. The molecule has 1 aliphatic heterocycles. The van der Waals surface area contributed by atoms with Gasteiger partial charge in [0, 0.05) is 25.6 Å². The Bertz CT molecular complexity index is 1680. The quantitative estimate of drug-likeness (QED) is 0.167. The lowest BCUT2D eigenvalue weighted by molar-refractivity contribution is -0.140. The number of likely N-dealkylation sites (N-methyl/N-ethyl adjacent to an activating group) is 1. The van der Waals surface area contributed by atoms with E-state index in [0.717, 1.165) is 0 Å². The Hall–Kier alpha value is -4.79. The van der Waals surface area contributed by atoms with E-state index in [1.807, 2.05) is 0 Å². The van der Waals surface area contributed by atoms with E-state index in [4.69, 9.17) is 20.6 Å². The zero-order valence-electron chi connectivity index (χ0n) is 22.6. The SMILES string of the molecule is COC(=O)CCCS(=O)(=O)c1ccc(Oc2c(F)cnc(Oc3cc(C(=N)N)ccc3O)c2F)c(C2=NCCN2C)c1. The van der Waals surface area contributed by atoms with Gasteiger partial charge >= 0.3 is 5.97 Å². The summed E-state index contributed by atoms with van der Waals surface area (Å²) in [5, 5.41) is 17.7. The third-order valence-electron chi connectivity index (χ3n) is 6.22. The van der Waals surface area contributed by atoms with Crippen molar-refractivity contribution in [2.75, 3.05) is 33.0 Å². The number of aliphatic imine (C=N–C) groups is 1. The molecule has 12 nitrogen and oxygen atoms in total. The highest BCUT2D eigenvalue weighted by atomic mass is 32.2. The zero-order valence-corrected chi connectivity index (χ0v) is 23.4. The van der Waals surface area contributed by atoms with Gasteiger partial charge in [0.05, 0.1) is 36.1 Å². The van der Waals surface area contributed by atoms with Crippen LogP contribution in [0.15, 0.2) is 52.5 Å². The van der Waals surface area contributed by atoms with Crippen LogP contribution in [-0.4, -0.2) is 74.0 Å². The van der Waals surface area contributed by atoms with Gasteiger partial charge in [0.2, 0.25) is 11.6 Å². The van der Waals surface area contributed by atoms with Crippen LogP contribution in [0.4, 0.5) is 8.78 Å². The number of pyridine rings is 1. The summed E-state index contributed by atoms with van der Waals surface area (Å²) >= 11 is 0. The van der Waals surface area contributed by atoms with Crippen molar-refractivity contribution in [3.05, 3.63) is 65.4 Å². The number of nitrogens with two attached hydrogens (primary N) is 1. The molecule has 2 heterocycles. The van der Waals surface area contributed by atoms with E-state index in [-0.39, 0.29) is 52.0 Å². The number of nitrogen functional groups attached to an aromatic ring is 1. The molecular weight excluding hydrogens is 576 g/mol. The Kier molecular flexibility index (Phi) is 8.90. The molecule has 0 atom stereocenters. The summed E-state index contributed by atoms with van der Waals surface area (Å²) in [6, 6.07) is 7.48. The van der Waals surface area contributed by atoms with E-state index >= 15 is 4.39 Å². The third kappa shape index (κ3) is 6.57. The van der Waals surface area contributed by atoms with E-state index in [9.17, 15) is 22.7 Å². The van der Waals surface area contributed by atoms with Crippen molar-refractivity contribution in [3.63, 3.8) is 0 Å². The molecule has 0 amide bonds. The summed E-state index contributed by atoms with van der Waals surface area (Å²) < 4.78 is 71.9. The average molecular weight is 604 g/mol. The van der Waals surface area contributed by atoms with Crippen LogP contribution in [0, 0.1) is 17.0 Å². The molecule has 0 bridgehead atoms. The lowest BCUT2D eigenvalue weighted by Gasteiger charge is -2.19. The first-order valence-corrected chi connectivity index (χ1v) is 14.1. The number of ether oxygens (including phenoxy) is 3. The number of carbonyl (C=O) groups excluding carboxylic acids is 1. The van der Waals surface area contributed by atoms with E-state index in [1.54, 1.807) is 11.9 Å². The van der Waals surface area contributed by atoms with Crippen molar-refractivity contribution in [3.8, 4) is 28.9 Å². The molecule has 0 aliphatic carbocycles. The number of hydrogen-bond acceptors (Lipinski definition) is 11. The number of hydrogen-bond donors (Lipinski definition) is 3. The lowest BCUT2D eigenvalue weighted by Crippen LogP contribution is -2.24. The van der Waals surface area contributed by atoms with Crippen LogP contribution in [0.2, 0.25) is 0 Å². The van der Waals surface area contributed by atoms with Gasteiger partial charge in [-0.05, 0) is 42.8 Å². The van der Waals surface area contributed by atoms with Crippen LogP contribution < -0.4 is 15.2 Å². The van der Waals surface area contributed by atoms with E-state index in [0.29, 0.717) is 25.1 Å². The maximum absolute atomic E-state index is 15.5. The molecule has 0 spiro atoms. The number of methoxy groups -OCH3 is 1. The standard InChI is InChI=1S/C27H27F2N5O7S/c1-34-10-9-32-26(34)17-13-16(42(37,38)11-3-4-22(36)39-2)6-8-20(17)40-24-18(28)14-33-27(23(24)29)41-21-12-15(25(30)31)5-7-19(21)35/h5-8,12-14,35H,3-4,9-11H2,1-2H3,(H3,30,31). The molecule has 0 unspecified atom stereocenters. The third-order valence-corrected chi connectivity index (χ3v) is 8.02. The van der Waals surface area contributed by atoms with Gasteiger partial charge in [-0.1, -0.05) is 0 Å². The van der Waals surface area contributed by atoms with Crippen molar-refractivity contribution in [1.82, 2.24) is 9.88 Å². The second-order valence-electron chi connectivity index (χ2n) is 9.14. The summed E-state index contributed by atoms with van der Waals surface area (Å²) in [5.74, 6) is -5.87. The molecule has 3 aromatic rings. The Balaban J connectivity index is 1.70. The minimum atomic E-state index is -3.86. The number of phenols is 1. The van der Waals surface area contributed by atoms with Crippen LogP contribution >= 0.6 is 0 Å². The minimum absolute atomic E-state index is 0.0323. The first-order chi connectivity index (χ1) is 19.9. The number of carbonyl (C=O) groups is 1. The van der Waals surface area contributed by atoms with Crippen molar-refractivity contribution in [2.45, 2.75) is 17.7 Å². The molecule has 1 aromatic heterocycles. The van der Waals surface area contributed by atoms with Crippen molar-refractivity contribution >= 4 is 27.5 Å². The normalized spacial score (nSPS) is 13.0. The number of nitrogens with one attached hydrogen (secondary N) is 1. The molecule has 0 fully saturated rings. The monoisotopic (exact) mass is 603 g/mol. The summed E-state index contributed by atoms with van der Waals surface area (Å²) in [5.41, 5.74) is 5.79. The van der Waals surface area contributed by atoms with Gasteiger partial charge in [0.15, 0.2) is 27.2 Å². The fourth-order valence-electron chi connectivity index (χ4n) is 3.99. The molecule has 0 radical (unpaired) electrons. The number of phenolic OH excluding ortho intramolecular Hbond substituents is 1. The lowest BCUT2D eigenvalue weighted by atomic mass is 10.1. The van der Waals surface area contributed by atoms with Gasteiger partial charge in [-0.25, -0.2) is 17.8 Å². The van der Waals surface area contributed by atoms with Crippen LogP contribution in [0.3, 0.4) is 0 Å².